The molecule has 2 aromatic rings. The Kier molecular flexibility index (Phi) is 6.55. The summed E-state index contributed by atoms with van der Waals surface area (Å²) in [5, 5.41) is 5.52. The van der Waals surface area contributed by atoms with Gasteiger partial charge in [-0.25, -0.2) is 0 Å². The zero-order valence-corrected chi connectivity index (χ0v) is 15.2. The number of rotatable bonds is 4. The highest BCUT2D eigenvalue weighted by Crippen LogP contribution is 2.34. The summed E-state index contributed by atoms with van der Waals surface area (Å²) in [4.78, 5) is 16.7. The second-order valence-electron chi connectivity index (χ2n) is 5.27. The second-order valence-corrected chi connectivity index (χ2v) is 6.09. The zero-order valence-electron chi connectivity index (χ0n) is 13.6. The Morgan fingerprint density at radius 1 is 1.31 bits per heavy atom. The van der Waals surface area contributed by atoms with Gasteiger partial charge in [0.15, 0.2) is 5.11 Å². The van der Waals surface area contributed by atoms with Crippen molar-refractivity contribution >= 4 is 34.8 Å². The predicted octanol–water partition coefficient (Wildman–Crippen LogP) is 3.90. The summed E-state index contributed by atoms with van der Waals surface area (Å²) in [6.45, 7) is 2.27. The molecule has 2 rings (SSSR count). The first-order valence-corrected chi connectivity index (χ1v) is 8.39. The van der Waals surface area contributed by atoms with E-state index < -0.39 is 23.6 Å². The Morgan fingerprint density at radius 2 is 2.00 bits per heavy atom. The van der Waals surface area contributed by atoms with Gasteiger partial charge < -0.3 is 10.6 Å². The predicted molar refractivity (Wildman–Crippen MR) is 97.0 cm³/mol. The van der Waals surface area contributed by atoms with Gasteiger partial charge in [0.2, 0.25) is 5.91 Å². The van der Waals surface area contributed by atoms with Crippen molar-refractivity contribution in [2.75, 3.05) is 6.54 Å². The van der Waals surface area contributed by atoms with Crippen LogP contribution in [0, 0.1) is 0 Å². The average Bonchev–Trinajstić information content (AvgIpc) is 2.56. The van der Waals surface area contributed by atoms with E-state index in [9.17, 15) is 18.0 Å². The van der Waals surface area contributed by atoms with Crippen LogP contribution in [-0.4, -0.2) is 22.5 Å². The molecule has 0 aliphatic carbocycles. The van der Waals surface area contributed by atoms with E-state index in [0.29, 0.717) is 12.1 Å². The summed E-state index contributed by atoms with van der Waals surface area (Å²) in [7, 11) is 0. The number of nitrogens with one attached hydrogen (secondary N) is 2. The molecule has 0 bridgehead atoms. The molecule has 1 heterocycles. The lowest BCUT2D eigenvalue weighted by Crippen LogP contribution is -2.42. The monoisotopic (exact) mass is 401 g/mol. The number of hydrogen-bond donors (Lipinski definition) is 2. The highest BCUT2D eigenvalue weighted by molar-refractivity contribution is 7.80. The third-order valence-corrected chi connectivity index (χ3v) is 4.05. The molecule has 2 N–H and O–H groups in total. The zero-order chi connectivity index (χ0) is 19.3. The van der Waals surface area contributed by atoms with Crippen molar-refractivity contribution in [3.05, 3.63) is 64.4 Å². The third-order valence-electron chi connectivity index (χ3n) is 3.46. The fraction of sp³-hybridized carbons (Fsp3) is 0.235. The van der Waals surface area contributed by atoms with E-state index in [1.165, 1.54) is 0 Å². The molecule has 9 heteroatoms. The molecule has 0 saturated carbocycles. The maximum Gasteiger partial charge on any atom is 0.416 e. The van der Waals surface area contributed by atoms with Gasteiger partial charge in [-0.15, -0.1) is 0 Å². The molecule has 0 saturated heterocycles. The first kappa shape index (κ1) is 20.1. The van der Waals surface area contributed by atoms with Crippen LogP contribution in [0.4, 0.5) is 13.2 Å². The van der Waals surface area contributed by atoms with E-state index >= 15 is 0 Å². The fourth-order valence-electron chi connectivity index (χ4n) is 2.32. The van der Waals surface area contributed by atoms with Crippen LogP contribution in [0.25, 0.3) is 0 Å². The molecule has 0 aliphatic rings. The molecule has 0 radical (unpaired) electrons. The van der Waals surface area contributed by atoms with Crippen molar-refractivity contribution in [3.8, 4) is 0 Å². The molecule has 0 spiro atoms. The van der Waals surface area contributed by atoms with Gasteiger partial charge in [0, 0.05) is 17.8 Å². The summed E-state index contributed by atoms with van der Waals surface area (Å²) in [5.41, 5.74) is -0.649. The van der Waals surface area contributed by atoms with Gasteiger partial charge in [-0.3, -0.25) is 9.78 Å². The van der Waals surface area contributed by atoms with E-state index in [1.807, 2.05) is 0 Å². The number of hydrogen-bond acceptors (Lipinski definition) is 3. The van der Waals surface area contributed by atoms with Crippen LogP contribution in [0.3, 0.4) is 0 Å². The highest BCUT2D eigenvalue weighted by Gasteiger charge is 2.33. The largest absolute Gasteiger partial charge is 0.416 e. The van der Waals surface area contributed by atoms with Gasteiger partial charge in [0.1, 0.15) is 5.92 Å². The molecular formula is C17H15ClF3N3OS. The first-order valence-electron chi connectivity index (χ1n) is 7.60. The number of benzene rings is 1. The molecule has 1 amide bonds. The SMILES string of the molecule is CCNC(=S)NC(=O)C(c1cc(C(F)(F)F)ccn1)c1ccccc1Cl. The van der Waals surface area contributed by atoms with Crippen LogP contribution in [0.5, 0.6) is 0 Å². The maximum absolute atomic E-state index is 13.0. The Bertz CT molecular complexity index is 814. The lowest BCUT2D eigenvalue weighted by molar-refractivity contribution is -0.137. The average molecular weight is 402 g/mol. The molecule has 1 aromatic heterocycles. The number of halogens is 4. The first-order chi connectivity index (χ1) is 12.2. The van der Waals surface area contributed by atoms with Gasteiger partial charge in [0.05, 0.1) is 11.3 Å². The van der Waals surface area contributed by atoms with Crippen LogP contribution in [0.15, 0.2) is 42.6 Å². The molecule has 1 unspecified atom stereocenters. The summed E-state index contributed by atoms with van der Waals surface area (Å²) >= 11 is 11.2. The fourth-order valence-corrected chi connectivity index (χ4v) is 2.81. The Morgan fingerprint density at radius 3 is 2.62 bits per heavy atom. The van der Waals surface area contributed by atoms with Crippen LogP contribution < -0.4 is 10.6 Å². The standard InChI is InChI=1S/C17H15ClF3N3OS/c1-2-22-16(26)24-15(25)14(11-5-3-4-6-12(11)18)13-9-10(7-8-23-13)17(19,20)21/h3-9,14H,2H2,1H3,(H2,22,24,25,26). The molecule has 0 aliphatic heterocycles. The molecular weight excluding hydrogens is 387 g/mol. The molecule has 1 aromatic carbocycles. The van der Waals surface area contributed by atoms with Gasteiger partial charge in [-0.2, -0.15) is 13.2 Å². The minimum atomic E-state index is -4.56. The molecule has 1 atom stereocenters. The number of pyridine rings is 1. The Hall–Kier alpha value is -2.19. The normalized spacial score (nSPS) is 12.3. The topological polar surface area (TPSA) is 54.0 Å². The molecule has 0 fully saturated rings. The quantitative estimate of drug-likeness (QED) is 0.763. The highest BCUT2D eigenvalue weighted by atomic mass is 35.5. The number of amides is 1. The van der Waals surface area contributed by atoms with Gasteiger partial charge in [0.25, 0.3) is 0 Å². The summed E-state index contributed by atoms with van der Waals surface area (Å²) in [6, 6.07) is 8.08. The van der Waals surface area contributed by atoms with E-state index in [2.05, 4.69) is 15.6 Å². The van der Waals surface area contributed by atoms with Crippen molar-refractivity contribution < 1.29 is 18.0 Å². The third kappa shape index (κ3) is 4.92. The van der Waals surface area contributed by atoms with Crippen molar-refractivity contribution in [1.29, 1.82) is 0 Å². The number of carbonyl (C=O) groups excluding carboxylic acids is 1. The summed E-state index contributed by atoms with van der Waals surface area (Å²) < 4.78 is 39.1. The maximum atomic E-state index is 13.0. The number of thiocarbonyl (C=S) groups is 1. The van der Waals surface area contributed by atoms with Crippen molar-refractivity contribution in [1.82, 2.24) is 15.6 Å². The van der Waals surface area contributed by atoms with Crippen molar-refractivity contribution in [2.24, 2.45) is 0 Å². The Labute approximate surface area is 158 Å². The van der Waals surface area contributed by atoms with E-state index in [-0.39, 0.29) is 15.8 Å². The minimum Gasteiger partial charge on any atom is -0.363 e. The second kappa shape index (κ2) is 8.46. The van der Waals surface area contributed by atoms with E-state index in [0.717, 1.165) is 18.3 Å². The van der Waals surface area contributed by atoms with E-state index in [4.69, 9.17) is 23.8 Å². The summed E-state index contributed by atoms with van der Waals surface area (Å²) in [6.07, 6.45) is -3.55. The lowest BCUT2D eigenvalue weighted by Gasteiger charge is -2.19. The number of nitrogens with zero attached hydrogens (tertiary/aromatic N) is 1. The van der Waals surface area contributed by atoms with Gasteiger partial charge in [-0.1, -0.05) is 29.8 Å². The molecule has 4 nitrogen and oxygen atoms in total. The van der Waals surface area contributed by atoms with Gasteiger partial charge in [-0.05, 0) is 42.9 Å². The lowest BCUT2D eigenvalue weighted by atomic mass is 9.93. The van der Waals surface area contributed by atoms with Crippen molar-refractivity contribution in [2.45, 2.75) is 19.0 Å². The van der Waals surface area contributed by atoms with Crippen LogP contribution in [0.1, 0.15) is 29.7 Å². The number of alkyl halides is 3. The van der Waals surface area contributed by atoms with Crippen LogP contribution >= 0.6 is 23.8 Å². The summed E-state index contributed by atoms with van der Waals surface area (Å²) in [5.74, 6) is -1.78. The van der Waals surface area contributed by atoms with Crippen LogP contribution in [0.2, 0.25) is 5.02 Å². The molecule has 26 heavy (non-hydrogen) atoms. The number of aromatic nitrogens is 1. The minimum absolute atomic E-state index is 0.0709. The van der Waals surface area contributed by atoms with E-state index in [1.54, 1.807) is 31.2 Å². The Balaban J connectivity index is 2.50. The smallest absolute Gasteiger partial charge is 0.363 e. The van der Waals surface area contributed by atoms with Crippen LogP contribution in [-0.2, 0) is 11.0 Å². The number of carbonyl (C=O) groups is 1. The molecule has 138 valence electrons. The van der Waals surface area contributed by atoms with Crippen molar-refractivity contribution in [3.63, 3.8) is 0 Å². The van der Waals surface area contributed by atoms with Gasteiger partial charge >= 0.3 is 6.18 Å².